The van der Waals surface area contributed by atoms with Crippen LogP contribution in [0, 0.1) is 6.92 Å². The van der Waals surface area contributed by atoms with E-state index in [0.717, 1.165) is 5.56 Å². The molecule has 1 atom stereocenters. The van der Waals surface area contributed by atoms with Gasteiger partial charge < -0.3 is 5.11 Å². The first-order valence-corrected chi connectivity index (χ1v) is 3.91. The Hall–Kier alpha value is -1.15. The zero-order valence-corrected chi connectivity index (χ0v) is 7.24. The fraction of sp³-hybridized carbons (Fsp3) is 0.300. The van der Waals surface area contributed by atoms with Gasteiger partial charge in [0.25, 0.3) is 0 Å². The number of aliphatic hydroxyl groups excluding tert-OH is 1. The first-order valence-electron chi connectivity index (χ1n) is 3.91. The molecular weight excluding hydrogens is 152 g/mol. The van der Waals surface area contributed by atoms with E-state index in [1.54, 1.807) is 12.1 Å². The molecule has 0 saturated carbocycles. The Morgan fingerprint density at radius 1 is 1.42 bits per heavy atom. The van der Waals surface area contributed by atoms with Gasteiger partial charge in [0, 0.05) is 5.56 Å². The van der Waals surface area contributed by atoms with Crippen LogP contribution < -0.4 is 0 Å². The van der Waals surface area contributed by atoms with Gasteiger partial charge in [0.1, 0.15) is 6.10 Å². The van der Waals surface area contributed by atoms with Crippen molar-refractivity contribution in [3.63, 3.8) is 0 Å². The molecule has 12 heavy (non-hydrogen) atoms. The average molecular weight is 164 g/mol. The molecule has 1 N–H and O–H groups in total. The second-order valence-corrected chi connectivity index (χ2v) is 2.86. The largest absolute Gasteiger partial charge is 0.385 e. The van der Waals surface area contributed by atoms with Crippen molar-refractivity contribution >= 4 is 5.78 Å². The van der Waals surface area contributed by atoms with E-state index in [-0.39, 0.29) is 5.78 Å². The van der Waals surface area contributed by atoms with Gasteiger partial charge >= 0.3 is 0 Å². The number of carbonyl (C=O) groups excluding carboxylic acids is 1. The Kier molecular flexibility index (Phi) is 2.61. The molecule has 2 heteroatoms. The highest BCUT2D eigenvalue weighted by Gasteiger charge is 2.12. The van der Waals surface area contributed by atoms with Crippen LogP contribution in [-0.2, 0) is 0 Å². The van der Waals surface area contributed by atoms with Crippen LogP contribution in [0.2, 0.25) is 0 Å². The number of hydrogen-bond donors (Lipinski definition) is 1. The zero-order chi connectivity index (χ0) is 9.14. The van der Waals surface area contributed by atoms with Gasteiger partial charge in [0.2, 0.25) is 0 Å². The number of rotatable bonds is 2. The maximum absolute atomic E-state index is 11.3. The van der Waals surface area contributed by atoms with E-state index >= 15 is 0 Å². The first-order chi connectivity index (χ1) is 5.63. The lowest BCUT2D eigenvalue weighted by atomic mass is 10.0. The van der Waals surface area contributed by atoms with E-state index < -0.39 is 6.10 Å². The number of ketones is 1. The molecule has 0 spiro atoms. The molecule has 0 fully saturated rings. The minimum atomic E-state index is -0.911. The van der Waals surface area contributed by atoms with Crippen molar-refractivity contribution < 1.29 is 9.90 Å². The molecule has 0 aliphatic carbocycles. The fourth-order valence-corrected chi connectivity index (χ4v) is 1.07. The van der Waals surface area contributed by atoms with E-state index in [4.69, 9.17) is 5.11 Å². The summed E-state index contributed by atoms with van der Waals surface area (Å²) in [4.78, 5) is 11.3. The molecule has 1 aromatic carbocycles. The third-order valence-electron chi connectivity index (χ3n) is 1.79. The van der Waals surface area contributed by atoms with E-state index in [9.17, 15) is 4.79 Å². The molecule has 1 aromatic rings. The van der Waals surface area contributed by atoms with Crippen molar-refractivity contribution in [3.05, 3.63) is 35.4 Å². The lowest BCUT2D eigenvalue weighted by Gasteiger charge is -2.05. The summed E-state index contributed by atoms with van der Waals surface area (Å²) in [5, 5.41) is 9.05. The van der Waals surface area contributed by atoms with Crippen molar-refractivity contribution in [2.75, 3.05) is 0 Å². The van der Waals surface area contributed by atoms with Gasteiger partial charge in [-0.15, -0.1) is 0 Å². The average Bonchev–Trinajstić information content (AvgIpc) is 2.04. The summed E-state index contributed by atoms with van der Waals surface area (Å²) in [5.41, 5.74) is 1.51. The van der Waals surface area contributed by atoms with Crippen LogP contribution in [-0.4, -0.2) is 17.0 Å². The van der Waals surface area contributed by atoms with Crippen LogP contribution in [0.25, 0.3) is 0 Å². The molecule has 0 bridgehead atoms. The standard InChI is InChI=1S/C10H12O2/c1-7-5-3-4-6-9(7)10(12)8(2)11/h3-6,8,11H,1-2H3/t8-/m1/s1. The quantitative estimate of drug-likeness (QED) is 0.673. The van der Waals surface area contributed by atoms with Crippen molar-refractivity contribution in [2.45, 2.75) is 20.0 Å². The maximum atomic E-state index is 11.3. The third kappa shape index (κ3) is 1.71. The Morgan fingerprint density at radius 2 is 2.00 bits per heavy atom. The summed E-state index contributed by atoms with van der Waals surface area (Å²) in [6.07, 6.45) is -0.911. The highest BCUT2D eigenvalue weighted by atomic mass is 16.3. The normalized spacial score (nSPS) is 12.6. The molecule has 0 saturated heterocycles. The first kappa shape index (κ1) is 8.94. The van der Waals surface area contributed by atoms with E-state index in [1.165, 1.54) is 6.92 Å². The van der Waals surface area contributed by atoms with Crippen molar-refractivity contribution in [1.29, 1.82) is 0 Å². The van der Waals surface area contributed by atoms with E-state index in [0.29, 0.717) is 5.56 Å². The maximum Gasteiger partial charge on any atom is 0.191 e. The summed E-state index contributed by atoms with van der Waals surface area (Å²) in [5.74, 6) is -0.215. The van der Waals surface area contributed by atoms with Gasteiger partial charge in [0.15, 0.2) is 5.78 Å². The summed E-state index contributed by atoms with van der Waals surface area (Å²) in [6, 6.07) is 7.25. The number of aliphatic hydroxyl groups is 1. The number of aryl methyl sites for hydroxylation is 1. The Bertz CT molecular complexity index is 290. The van der Waals surface area contributed by atoms with Crippen molar-refractivity contribution in [3.8, 4) is 0 Å². The van der Waals surface area contributed by atoms with Crippen LogP contribution >= 0.6 is 0 Å². The van der Waals surface area contributed by atoms with Gasteiger partial charge in [-0.2, -0.15) is 0 Å². The number of benzene rings is 1. The predicted molar refractivity (Wildman–Crippen MR) is 47.2 cm³/mol. The Balaban J connectivity index is 3.03. The SMILES string of the molecule is Cc1ccccc1C(=O)[C@@H](C)O. The topological polar surface area (TPSA) is 37.3 Å². The smallest absolute Gasteiger partial charge is 0.191 e. The molecule has 0 unspecified atom stereocenters. The zero-order valence-electron chi connectivity index (χ0n) is 7.24. The molecule has 0 aliphatic heterocycles. The third-order valence-corrected chi connectivity index (χ3v) is 1.79. The van der Waals surface area contributed by atoms with Crippen LogP contribution in [0.4, 0.5) is 0 Å². The fourth-order valence-electron chi connectivity index (χ4n) is 1.07. The second kappa shape index (κ2) is 3.50. The van der Waals surface area contributed by atoms with Gasteiger partial charge in [-0.1, -0.05) is 24.3 Å². The number of carbonyl (C=O) groups is 1. The monoisotopic (exact) mass is 164 g/mol. The summed E-state index contributed by atoms with van der Waals surface area (Å²) >= 11 is 0. The van der Waals surface area contributed by atoms with E-state index in [2.05, 4.69) is 0 Å². The van der Waals surface area contributed by atoms with Crippen LogP contribution in [0.3, 0.4) is 0 Å². The molecule has 1 rings (SSSR count). The summed E-state index contributed by atoms with van der Waals surface area (Å²) in [6.45, 7) is 3.34. The Morgan fingerprint density at radius 3 is 2.50 bits per heavy atom. The highest BCUT2D eigenvalue weighted by Crippen LogP contribution is 2.09. The van der Waals surface area contributed by atoms with Crippen molar-refractivity contribution in [1.82, 2.24) is 0 Å². The predicted octanol–water partition coefficient (Wildman–Crippen LogP) is 1.56. The van der Waals surface area contributed by atoms with Crippen LogP contribution in [0.1, 0.15) is 22.8 Å². The summed E-state index contributed by atoms with van der Waals surface area (Å²) in [7, 11) is 0. The van der Waals surface area contributed by atoms with Gasteiger partial charge in [0.05, 0.1) is 0 Å². The molecule has 0 amide bonds. The molecule has 0 aliphatic rings. The van der Waals surface area contributed by atoms with Gasteiger partial charge in [-0.05, 0) is 19.4 Å². The molecule has 0 aromatic heterocycles. The van der Waals surface area contributed by atoms with E-state index in [1.807, 2.05) is 19.1 Å². The molecule has 0 heterocycles. The highest BCUT2D eigenvalue weighted by molar-refractivity contribution is 6.00. The number of hydrogen-bond acceptors (Lipinski definition) is 2. The van der Waals surface area contributed by atoms with Crippen LogP contribution in [0.5, 0.6) is 0 Å². The molecular formula is C10H12O2. The lowest BCUT2D eigenvalue weighted by Crippen LogP contribution is -2.16. The van der Waals surface area contributed by atoms with Crippen LogP contribution in [0.15, 0.2) is 24.3 Å². The Labute approximate surface area is 71.8 Å². The molecule has 64 valence electrons. The molecule has 0 radical (unpaired) electrons. The minimum absolute atomic E-state index is 0.215. The van der Waals surface area contributed by atoms with Crippen molar-refractivity contribution in [2.24, 2.45) is 0 Å². The summed E-state index contributed by atoms with van der Waals surface area (Å²) < 4.78 is 0. The molecule has 2 nitrogen and oxygen atoms in total. The second-order valence-electron chi connectivity index (χ2n) is 2.86. The minimum Gasteiger partial charge on any atom is -0.385 e. The van der Waals surface area contributed by atoms with Gasteiger partial charge in [-0.3, -0.25) is 4.79 Å². The lowest BCUT2D eigenvalue weighted by molar-refractivity contribution is 0.0779. The van der Waals surface area contributed by atoms with Gasteiger partial charge in [-0.25, -0.2) is 0 Å². The number of Topliss-reactive ketones (excluding diaryl/α,β-unsaturated/α-hetero) is 1.